The summed E-state index contributed by atoms with van der Waals surface area (Å²) in [7, 11) is 0. The minimum atomic E-state index is 0.297. The number of likely N-dealkylation sites (tertiary alicyclic amines) is 1. The molecule has 3 nitrogen and oxygen atoms in total. The molecule has 1 aliphatic heterocycles. The molecular weight excluding hydrogens is 188 g/mol. The Morgan fingerprint density at radius 1 is 1.47 bits per heavy atom. The van der Waals surface area contributed by atoms with Crippen molar-refractivity contribution in [1.29, 1.82) is 0 Å². The van der Waals surface area contributed by atoms with Crippen LogP contribution in [0, 0.1) is 0 Å². The zero-order valence-corrected chi connectivity index (χ0v) is 10.4. The lowest BCUT2D eigenvalue weighted by Crippen LogP contribution is -2.39. The lowest BCUT2D eigenvalue weighted by molar-refractivity contribution is -0.129. The third-order valence-corrected chi connectivity index (χ3v) is 3.02. The Morgan fingerprint density at radius 2 is 2.13 bits per heavy atom. The number of nitrogens with one attached hydrogen (secondary N) is 1. The molecule has 0 aromatic carbocycles. The van der Waals surface area contributed by atoms with Crippen LogP contribution in [0.2, 0.25) is 0 Å². The maximum Gasteiger partial charge on any atom is 0.224 e. The van der Waals surface area contributed by atoms with E-state index in [2.05, 4.69) is 33.0 Å². The molecule has 0 bridgehead atoms. The summed E-state index contributed by atoms with van der Waals surface area (Å²) >= 11 is 0. The van der Waals surface area contributed by atoms with Gasteiger partial charge in [-0.2, -0.15) is 0 Å². The monoisotopic (exact) mass is 212 g/mol. The SMILES string of the molecule is CCCC(C)NC1CC(=O)N(C(C)C)C1. The Morgan fingerprint density at radius 3 is 2.60 bits per heavy atom. The largest absolute Gasteiger partial charge is 0.339 e. The summed E-state index contributed by atoms with van der Waals surface area (Å²) in [6.45, 7) is 9.43. The Labute approximate surface area is 93.2 Å². The first-order chi connectivity index (χ1) is 7.04. The molecule has 0 radical (unpaired) electrons. The van der Waals surface area contributed by atoms with E-state index in [4.69, 9.17) is 0 Å². The summed E-state index contributed by atoms with van der Waals surface area (Å²) in [5.74, 6) is 0.297. The average molecular weight is 212 g/mol. The number of amides is 1. The topological polar surface area (TPSA) is 32.3 Å². The highest BCUT2D eigenvalue weighted by Gasteiger charge is 2.31. The first kappa shape index (κ1) is 12.5. The molecular formula is C12H24N2O. The molecule has 1 heterocycles. The summed E-state index contributed by atoms with van der Waals surface area (Å²) in [4.78, 5) is 13.6. The quantitative estimate of drug-likeness (QED) is 0.753. The number of hydrogen-bond donors (Lipinski definition) is 1. The molecule has 1 N–H and O–H groups in total. The van der Waals surface area contributed by atoms with Gasteiger partial charge in [0.25, 0.3) is 0 Å². The van der Waals surface area contributed by atoms with Gasteiger partial charge in [-0.15, -0.1) is 0 Å². The molecule has 0 saturated carbocycles. The second-order valence-electron chi connectivity index (χ2n) is 4.90. The van der Waals surface area contributed by atoms with E-state index < -0.39 is 0 Å². The second kappa shape index (κ2) is 5.50. The zero-order chi connectivity index (χ0) is 11.4. The number of carbonyl (C=O) groups excluding carboxylic acids is 1. The lowest BCUT2D eigenvalue weighted by Gasteiger charge is -2.22. The normalized spacial score (nSPS) is 23.9. The van der Waals surface area contributed by atoms with Crippen LogP contribution in [0.3, 0.4) is 0 Å². The third kappa shape index (κ3) is 3.49. The predicted octanol–water partition coefficient (Wildman–Crippen LogP) is 1.77. The van der Waals surface area contributed by atoms with Crippen LogP contribution in [-0.2, 0) is 4.79 Å². The van der Waals surface area contributed by atoms with Crippen molar-refractivity contribution < 1.29 is 4.79 Å². The zero-order valence-electron chi connectivity index (χ0n) is 10.4. The number of carbonyl (C=O) groups is 1. The van der Waals surface area contributed by atoms with Crippen molar-refractivity contribution in [3.63, 3.8) is 0 Å². The van der Waals surface area contributed by atoms with E-state index in [1.54, 1.807) is 0 Å². The molecule has 1 fully saturated rings. The standard InChI is InChI=1S/C12H24N2O/c1-5-6-10(4)13-11-7-12(15)14(8-11)9(2)3/h9-11,13H,5-8H2,1-4H3. The summed E-state index contributed by atoms with van der Waals surface area (Å²) in [5.41, 5.74) is 0. The van der Waals surface area contributed by atoms with E-state index in [0.29, 0.717) is 30.5 Å². The summed E-state index contributed by atoms with van der Waals surface area (Å²) < 4.78 is 0. The number of rotatable bonds is 5. The second-order valence-corrected chi connectivity index (χ2v) is 4.90. The maximum absolute atomic E-state index is 11.7. The van der Waals surface area contributed by atoms with Crippen LogP contribution >= 0.6 is 0 Å². The molecule has 0 spiro atoms. The van der Waals surface area contributed by atoms with Crippen LogP contribution in [0.5, 0.6) is 0 Å². The molecule has 2 unspecified atom stereocenters. The van der Waals surface area contributed by atoms with Gasteiger partial charge in [0.05, 0.1) is 0 Å². The number of hydrogen-bond acceptors (Lipinski definition) is 2. The molecule has 0 aliphatic carbocycles. The van der Waals surface area contributed by atoms with Crippen LogP contribution in [0.15, 0.2) is 0 Å². The van der Waals surface area contributed by atoms with Crippen molar-refractivity contribution >= 4 is 5.91 Å². The maximum atomic E-state index is 11.7. The molecule has 1 rings (SSSR count). The molecule has 2 atom stereocenters. The van der Waals surface area contributed by atoms with Gasteiger partial charge in [-0.3, -0.25) is 4.79 Å². The van der Waals surface area contributed by atoms with Crippen molar-refractivity contribution in [3.05, 3.63) is 0 Å². The van der Waals surface area contributed by atoms with E-state index >= 15 is 0 Å². The molecule has 0 aromatic heterocycles. The molecule has 1 amide bonds. The van der Waals surface area contributed by atoms with Crippen LogP contribution < -0.4 is 5.32 Å². The van der Waals surface area contributed by atoms with Gasteiger partial charge >= 0.3 is 0 Å². The van der Waals surface area contributed by atoms with Crippen molar-refractivity contribution in [1.82, 2.24) is 10.2 Å². The van der Waals surface area contributed by atoms with Gasteiger partial charge in [-0.25, -0.2) is 0 Å². The minimum Gasteiger partial charge on any atom is -0.339 e. The Balaban J connectivity index is 2.38. The highest BCUT2D eigenvalue weighted by atomic mass is 16.2. The van der Waals surface area contributed by atoms with E-state index in [9.17, 15) is 4.79 Å². The van der Waals surface area contributed by atoms with E-state index in [-0.39, 0.29) is 0 Å². The van der Waals surface area contributed by atoms with Gasteiger partial charge in [0.1, 0.15) is 0 Å². The number of nitrogens with zero attached hydrogens (tertiary/aromatic N) is 1. The smallest absolute Gasteiger partial charge is 0.224 e. The Bertz CT molecular complexity index is 216. The molecule has 1 aliphatic rings. The predicted molar refractivity (Wildman–Crippen MR) is 62.8 cm³/mol. The van der Waals surface area contributed by atoms with Crippen molar-refractivity contribution in [2.24, 2.45) is 0 Å². The van der Waals surface area contributed by atoms with E-state index in [1.165, 1.54) is 12.8 Å². The van der Waals surface area contributed by atoms with Crippen LogP contribution in [0.4, 0.5) is 0 Å². The molecule has 3 heteroatoms. The fourth-order valence-corrected chi connectivity index (χ4v) is 2.26. The van der Waals surface area contributed by atoms with E-state index in [1.807, 2.05) is 4.90 Å². The fourth-order valence-electron chi connectivity index (χ4n) is 2.26. The van der Waals surface area contributed by atoms with Gasteiger partial charge in [-0.1, -0.05) is 13.3 Å². The van der Waals surface area contributed by atoms with Crippen LogP contribution in [-0.4, -0.2) is 35.5 Å². The molecule has 1 saturated heterocycles. The highest BCUT2D eigenvalue weighted by Crippen LogP contribution is 2.15. The highest BCUT2D eigenvalue weighted by molar-refractivity contribution is 5.79. The van der Waals surface area contributed by atoms with Crippen molar-refractivity contribution in [2.45, 2.75) is 65.1 Å². The van der Waals surface area contributed by atoms with Gasteiger partial charge in [0, 0.05) is 31.1 Å². The fraction of sp³-hybridized carbons (Fsp3) is 0.917. The van der Waals surface area contributed by atoms with Gasteiger partial charge in [0.2, 0.25) is 5.91 Å². The molecule has 0 aromatic rings. The summed E-state index contributed by atoms with van der Waals surface area (Å²) in [6, 6.07) is 1.23. The average Bonchev–Trinajstić information content (AvgIpc) is 2.47. The van der Waals surface area contributed by atoms with Gasteiger partial charge < -0.3 is 10.2 Å². The Hall–Kier alpha value is -0.570. The minimum absolute atomic E-state index is 0.297. The van der Waals surface area contributed by atoms with E-state index in [0.717, 1.165) is 6.54 Å². The Kier molecular flexibility index (Phi) is 4.58. The molecule has 88 valence electrons. The first-order valence-electron chi connectivity index (χ1n) is 6.10. The summed E-state index contributed by atoms with van der Waals surface area (Å²) in [6.07, 6.45) is 3.06. The first-order valence-corrected chi connectivity index (χ1v) is 6.10. The van der Waals surface area contributed by atoms with Gasteiger partial charge in [0.15, 0.2) is 0 Å². The van der Waals surface area contributed by atoms with Crippen molar-refractivity contribution in [2.75, 3.05) is 6.54 Å². The van der Waals surface area contributed by atoms with Gasteiger partial charge in [-0.05, 0) is 27.2 Å². The lowest BCUT2D eigenvalue weighted by atomic mass is 10.1. The van der Waals surface area contributed by atoms with Crippen LogP contribution in [0.1, 0.15) is 47.0 Å². The molecule has 15 heavy (non-hydrogen) atoms. The summed E-state index contributed by atoms with van der Waals surface area (Å²) in [5, 5.41) is 3.53. The third-order valence-electron chi connectivity index (χ3n) is 3.02. The van der Waals surface area contributed by atoms with Crippen LogP contribution in [0.25, 0.3) is 0 Å². The van der Waals surface area contributed by atoms with Crippen molar-refractivity contribution in [3.8, 4) is 0 Å².